The molecule has 1 aliphatic rings. The first-order chi connectivity index (χ1) is 12.5. The molecular weight excluding hydrogens is 440 g/mol. The third-order valence-electron chi connectivity index (χ3n) is 4.10. The van der Waals surface area contributed by atoms with E-state index in [9.17, 15) is 4.79 Å². The molecule has 3 rings (SSSR count). The fourth-order valence-electron chi connectivity index (χ4n) is 2.72. The van der Waals surface area contributed by atoms with Gasteiger partial charge in [-0.25, -0.2) is 0 Å². The summed E-state index contributed by atoms with van der Waals surface area (Å²) in [7, 11) is 0. The monoisotopic (exact) mass is 458 g/mol. The molecule has 0 radical (unpaired) electrons. The van der Waals surface area contributed by atoms with Crippen LogP contribution in [0.15, 0.2) is 22.7 Å². The quantitative estimate of drug-likeness (QED) is 0.616. The van der Waals surface area contributed by atoms with E-state index in [1.165, 1.54) is 0 Å². The number of carbonyl (C=O) groups excluding carboxylic acids is 1. The summed E-state index contributed by atoms with van der Waals surface area (Å²) in [5.41, 5.74) is 0. The van der Waals surface area contributed by atoms with Crippen molar-refractivity contribution in [3.63, 3.8) is 0 Å². The van der Waals surface area contributed by atoms with Crippen LogP contribution in [0.25, 0.3) is 0 Å². The molecule has 6 nitrogen and oxygen atoms in total. The number of piperazine rings is 1. The van der Waals surface area contributed by atoms with Crippen molar-refractivity contribution in [2.45, 2.75) is 19.8 Å². The predicted molar refractivity (Wildman–Crippen MR) is 107 cm³/mol. The molecule has 0 bridgehead atoms. The van der Waals surface area contributed by atoms with Crippen LogP contribution >= 0.6 is 38.9 Å². The Labute approximate surface area is 170 Å². The fraction of sp³-hybridized carbons (Fsp3) is 0.471. The Morgan fingerprint density at radius 2 is 2.08 bits per heavy atom. The van der Waals surface area contributed by atoms with Crippen LogP contribution in [0, 0.1) is 6.92 Å². The molecule has 1 amide bonds. The molecule has 1 aromatic heterocycles. The molecule has 2 aromatic rings. The second-order valence-electron chi connectivity index (χ2n) is 6.00. The summed E-state index contributed by atoms with van der Waals surface area (Å²) in [6, 6.07) is 5.49. The first kappa shape index (κ1) is 19.4. The first-order valence-electron chi connectivity index (χ1n) is 8.43. The lowest BCUT2D eigenvalue weighted by molar-refractivity contribution is -0.131. The number of ether oxygens (including phenoxy) is 1. The summed E-state index contributed by atoms with van der Waals surface area (Å²) < 4.78 is 6.57. The lowest BCUT2D eigenvalue weighted by atomic mass is 10.2. The number of anilines is 1. The molecule has 140 valence electrons. The summed E-state index contributed by atoms with van der Waals surface area (Å²) in [6.07, 6.45) is 1.15. The number of carbonyl (C=O) groups is 1. The van der Waals surface area contributed by atoms with Gasteiger partial charge >= 0.3 is 0 Å². The summed E-state index contributed by atoms with van der Waals surface area (Å²) in [4.78, 5) is 16.5. The van der Waals surface area contributed by atoms with Gasteiger partial charge in [0.2, 0.25) is 11.0 Å². The van der Waals surface area contributed by atoms with E-state index < -0.39 is 0 Å². The maximum atomic E-state index is 12.4. The van der Waals surface area contributed by atoms with Crippen LogP contribution in [-0.2, 0) is 4.79 Å². The van der Waals surface area contributed by atoms with Gasteiger partial charge in [0.25, 0.3) is 0 Å². The third kappa shape index (κ3) is 5.08. The molecule has 0 atom stereocenters. The van der Waals surface area contributed by atoms with E-state index in [-0.39, 0.29) is 5.91 Å². The van der Waals surface area contributed by atoms with E-state index >= 15 is 0 Å². The van der Waals surface area contributed by atoms with Crippen LogP contribution in [0.1, 0.15) is 17.8 Å². The van der Waals surface area contributed by atoms with Crippen molar-refractivity contribution in [3.8, 4) is 5.75 Å². The first-order valence-corrected chi connectivity index (χ1v) is 10.4. The van der Waals surface area contributed by atoms with E-state index in [4.69, 9.17) is 16.3 Å². The highest BCUT2D eigenvalue weighted by atomic mass is 79.9. The standard InChI is InChI=1S/C17H20BrClN4O2S/c1-12-20-21-17(26-12)23-8-6-22(7-9-23)16(24)3-2-10-25-15-5-4-13(18)11-14(15)19/h4-5,11H,2-3,6-10H2,1H3. The van der Waals surface area contributed by atoms with Gasteiger partial charge in [-0.05, 0) is 31.5 Å². The Morgan fingerprint density at radius 3 is 2.73 bits per heavy atom. The van der Waals surface area contributed by atoms with Gasteiger partial charge in [0, 0.05) is 37.1 Å². The van der Waals surface area contributed by atoms with Crippen molar-refractivity contribution >= 4 is 49.9 Å². The van der Waals surface area contributed by atoms with Crippen LogP contribution in [0.4, 0.5) is 5.13 Å². The van der Waals surface area contributed by atoms with Gasteiger partial charge < -0.3 is 14.5 Å². The molecule has 26 heavy (non-hydrogen) atoms. The maximum Gasteiger partial charge on any atom is 0.222 e. The minimum absolute atomic E-state index is 0.170. The van der Waals surface area contributed by atoms with E-state index in [0.29, 0.717) is 30.2 Å². The molecule has 1 fully saturated rings. The Bertz CT molecular complexity index is 765. The lowest BCUT2D eigenvalue weighted by Crippen LogP contribution is -2.48. The van der Waals surface area contributed by atoms with E-state index in [1.54, 1.807) is 17.4 Å². The average molecular weight is 460 g/mol. The SMILES string of the molecule is Cc1nnc(N2CCN(C(=O)CCCOc3ccc(Br)cc3Cl)CC2)s1. The number of amides is 1. The second-order valence-corrected chi connectivity index (χ2v) is 8.48. The van der Waals surface area contributed by atoms with E-state index in [2.05, 4.69) is 31.0 Å². The number of hydrogen-bond acceptors (Lipinski definition) is 6. The van der Waals surface area contributed by atoms with Gasteiger partial charge in [-0.15, -0.1) is 10.2 Å². The second kappa shape index (κ2) is 9.01. The molecule has 1 aromatic carbocycles. The zero-order chi connectivity index (χ0) is 18.5. The number of aryl methyl sites for hydroxylation is 1. The van der Waals surface area contributed by atoms with Crippen LogP contribution in [0.5, 0.6) is 5.75 Å². The van der Waals surface area contributed by atoms with Crippen LogP contribution in [0.3, 0.4) is 0 Å². The third-order valence-corrected chi connectivity index (χ3v) is 5.79. The predicted octanol–water partition coefficient (Wildman–Crippen LogP) is 3.77. The van der Waals surface area contributed by atoms with Gasteiger partial charge in [-0.2, -0.15) is 0 Å². The van der Waals surface area contributed by atoms with Gasteiger partial charge in [0.15, 0.2) is 0 Å². The maximum absolute atomic E-state index is 12.4. The molecule has 1 saturated heterocycles. The normalized spacial score (nSPS) is 14.6. The minimum Gasteiger partial charge on any atom is -0.492 e. The number of halogens is 2. The molecule has 0 aliphatic carbocycles. The number of benzene rings is 1. The fourth-order valence-corrected chi connectivity index (χ4v) is 4.18. The summed E-state index contributed by atoms with van der Waals surface area (Å²) in [6.45, 7) is 5.45. The molecule has 0 saturated carbocycles. The highest BCUT2D eigenvalue weighted by Gasteiger charge is 2.22. The Kier molecular flexibility index (Phi) is 6.72. The highest BCUT2D eigenvalue weighted by molar-refractivity contribution is 9.10. The van der Waals surface area contributed by atoms with E-state index in [0.717, 1.165) is 40.8 Å². The molecule has 9 heteroatoms. The molecule has 1 aliphatic heterocycles. The molecule has 0 unspecified atom stereocenters. The van der Waals surface area contributed by atoms with Crippen LogP contribution < -0.4 is 9.64 Å². The molecule has 0 N–H and O–H groups in total. The molecule has 0 spiro atoms. The zero-order valence-electron chi connectivity index (χ0n) is 14.5. The molecular formula is C17H20BrClN4O2S. The van der Waals surface area contributed by atoms with Crippen molar-refractivity contribution in [1.82, 2.24) is 15.1 Å². The highest BCUT2D eigenvalue weighted by Crippen LogP contribution is 2.28. The smallest absolute Gasteiger partial charge is 0.222 e. The topological polar surface area (TPSA) is 58.6 Å². The van der Waals surface area contributed by atoms with Gasteiger partial charge in [0.1, 0.15) is 10.8 Å². The molecule has 2 heterocycles. The van der Waals surface area contributed by atoms with Crippen molar-refractivity contribution < 1.29 is 9.53 Å². The zero-order valence-corrected chi connectivity index (χ0v) is 17.6. The summed E-state index contributed by atoms with van der Waals surface area (Å²) in [5.74, 6) is 0.812. The van der Waals surface area contributed by atoms with Crippen molar-refractivity contribution in [2.24, 2.45) is 0 Å². The number of hydrogen-bond donors (Lipinski definition) is 0. The van der Waals surface area contributed by atoms with Gasteiger partial charge in [0.05, 0.1) is 11.6 Å². The number of aromatic nitrogens is 2. The Hall–Kier alpha value is -1.38. The number of nitrogens with zero attached hydrogens (tertiary/aromatic N) is 4. The van der Waals surface area contributed by atoms with Crippen molar-refractivity contribution in [3.05, 3.63) is 32.7 Å². The number of rotatable bonds is 6. The van der Waals surface area contributed by atoms with Crippen molar-refractivity contribution in [1.29, 1.82) is 0 Å². The summed E-state index contributed by atoms with van der Waals surface area (Å²) in [5, 5.41) is 10.7. The minimum atomic E-state index is 0.170. The average Bonchev–Trinajstić information content (AvgIpc) is 3.06. The largest absolute Gasteiger partial charge is 0.492 e. The van der Waals surface area contributed by atoms with Gasteiger partial charge in [-0.1, -0.05) is 38.9 Å². The summed E-state index contributed by atoms with van der Waals surface area (Å²) >= 11 is 11.1. The lowest BCUT2D eigenvalue weighted by Gasteiger charge is -2.34. The Balaban J connectivity index is 1.38. The Morgan fingerprint density at radius 1 is 1.31 bits per heavy atom. The van der Waals surface area contributed by atoms with E-state index in [1.807, 2.05) is 24.0 Å². The van der Waals surface area contributed by atoms with Crippen LogP contribution in [-0.4, -0.2) is 53.8 Å². The van der Waals surface area contributed by atoms with Crippen molar-refractivity contribution in [2.75, 3.05) is 37.7 Å². The van der Waals surface area contributed by atoms with Gasteiger partial charge in [-0.3, -0.25) is 4.79 Å². The van der Waals surface area contributed by atoms with Crippen LogP contribution in [0.2, 0.25) is 5.02 Å².